The Kier molecular flexibility index (Phi) is 9.18. The van der Waals surface area contributed by atoms with Crippen LogP contribution in [0.3, 0.4) is 0 Å². The Balaban J connectivity index is 1.07. The van der Waals surface area contributed by atoms with E-state index in [0.717, 1.165) is 77.8 Å². The molecule has 0 radical (unpaired) electrons. The van der Waals surface area contributed by atoms with E-state index >= 15 is 0 Å². The standard InChI is InChI=1S/C58H39N3/c1-5-16-40(17-6-1)42-28-32-44(33-29-42)49-37-50(45-34-30-43(31-35-45)41-18-7-2-8-19-41)39-51(38-49)47-22-15-23-48(36-47)57-59-56(46-20-9-3-10-21-46)55-53-26-13-14-27-54(53)61(58(55)60-57)52-24-11-4-12-25-52/h1-39H. The second kappa shape index (κ2) is 15.6. The van der Waals surface area contributed by atoms with Gasteiger partial charge in [0.1, 0.15) is 5.65 Å². The van der Waals surface area contributed by atoms with Crippen molar-refractivity contribution >= 4 is 21.9 Å². The van der Waals surface area contributed by atoms with Crippen LogP contribution in [0.4, 0.5) is 0 Å². The third kappa shape index (κ3) is 6.88. The Bertz CT molecular complexity index is 3200. The molecule has 2 heterocycles. The van der Waals surface area contributed by atoms with Crippen molar-refractivity contribution in [2.45, 2.75) is 0 Å². The molecule has 0 aliphatic carbocycles. The number of fused-ring (bicyclic) bond motifs is 3. The summed E-state index contributed by atoms with van der Waals surface area (Å²) in [7, 11) is 0. The molecule has 2 aromatic heterocycles. The molecule has 11 aromatic rings. The molecule has 0 aliphatic rings. The largest absolute Gasteiger partial charge is 0.294 e. The molecule has 11 rings (SSSR count). The molecule has 0 amide bonds. The smallest absolute Gasteiger partial charge is 0.162 e. The van der Waals surface area contributed by atoms with Crippen LogP contribution in [0.1, 0.15) is 0 Å². The highest BCUT2D eigenvalue weighted by Crippen LogP contribution is 2.40. The van der Waals surface area contributed by atoms with Gasteiger partial charge in [-0.05, 0) is 98.1 Å². The first-order chi connectivity index (χ1) is 30.2. The van der Waals surface area contributed by atoms with Gasteiger partial charge in [-0.1, -0.05) is 194 Å². The number of aromatic nitrogens is 3. The second-order valence-corrected chi connectivity index (χ2v) is 15.4. The first-order valence-electron chi connectivity index (χ1n) is 20.7. The maximum absolute atomic E-state index is 5.43. The molecule has 3 nitrogen and oxygen atoms in total. The zero-order valence-corrected chi connectivity index (χ0v) is 33.4. The summed E-state index contributed by atoms with van der Waals surface area (Å²) in [6.07, 6.45) is 0. The summed E-state index contributed by atoms with van der Waals surface area (Å²) in [6.45, 7) is 0. The van der Waals surface area contributed by atoms with Crippen LogP contribution in [0.15, 0.2) is 237 Å². The van der Waals surface area contributed by atoms with Crippen molar-refractivity contribution in [3.63, 3.8) is 0 Å². The van der Waals surface area contributed by atoms with Gasteiger partial charge in [0.15, 0.2) is 5.82 Å². The van der Waals surface area contributed by atoms with E-state index in [0.29, 0.717) is 5.82 Å². The molecule has 61 heavy (non-hydrogen) atoms. The maximum atomic E-state index is 5.43. The van der Waals surface area contributed by atoms with Crippen molar-refractivity contribution in [2.24, 2.45) is 0 Å². The highest BCUT2D eigenvalue weighted by molar-refractivity contribution is 6.14. The van der Waals surface area contributed by atoms with E-state index in [9.17, 15) is 0 Å². The number of para-hydroxylation sites is 2. The van der Waals surface area contributed by atoms with Crippen LogP contribution in [0.25, 0.3) is 106 Å². The Labute approximate surface area is 355 Å². The quantitative estimate of drug-likeness (QED) is 0.154. The van der Waals surface area contributed by atoms with Crippen LogP contribution < -0.4 is 0 Å². The van der Waals surface area contributed by atoms with E-state index in [1.165, 1.54) is 22.3 Å². The Hall–Kier alpha value is -8.14. The lowest BCUT2D eigenvalue weighted by atomic mass is 9.91. The highest BCUT2D eigenvalue weighted by atomic mass is 15.1. The van der Waals surface area contributed by atoms with E-state index in [1.54, 1.807) is 0 Å². The van der Waals surface area contributed by atoms with Gasteiger partial charge in [-0.3, -0.25) is 4.57 Å². The van der Waals surface area contributed by atoms with Crippen molar-refractivity contribution in [1.29, 1.82) is 0 Å². The Morgan fingerprint density at radius 2 is 0.672 bits per heavy atom. The van der Waals surface area contributed by atoms with Crippen molar-refractivity contribution in [1.82, 2.24) is 14.5 Å². The molecule has 0 fully saturated rings. The lowest BCUT2D eigenvalue weighted by Crippen LogP contribution is -1.99. The van der Waals surface area contributed by atoms with Crippen LogP contribution >= 0.6 is 0 Å². The zero-order valence-electron chi connectivity index (χ0n) is 33.4. The number of hydrogen-bond acceptors (Lipinski definition) is 2. The van der Waals surface area contributed by atoms with Crippen LogP contribution in [0.5, 0.6) is 0 Å². The summed E-state index contributed by atoms with van der Waals surface area (Å²) in [5.41, 5.74) is 17.6. The van der Waals surface area contributed by atoms with Gasteiger partial charge < -0.3 is 0 Å². The average molecular weight is 778 g/mol. The molecule has 0 bridgehead atoms. The van der Waals surface area contributed by atoms with Gasteiger partial charge in [0, 0.05) is 22.2 Å². The first kappa shape index (κ1) is 36.0. The minimum Gasteiger partial charge on any atom is -0.294 e. The number of hydrogen-bond donors (Lipinski definition) is 0. The van der Waals surface area contributed by atoms with Gasteiger partial charge in [-0.15, -0.1) is 0 Å². The molecule has 3 heteroatoms. The second-order valence-electron chi connectivity index (χ2n) is 15.4. The van der Waals surface area contributed by atoms with Gasteiger partial charge in [-0.25, -0.2) is 9.97 Å². The molecule has 9 aromatic carbocycles. The maximum Gasteiger partial charge on any atom is 0.162 e. The molecule has 0 unspecified atom stereocenters. The van der Waals surface area contributed by atoms with Crippen LogP contribution in [0.2, 0.25) is 0 Å². The van der Waals surface area contributed by atoms with E-state index in [-0.39, 0.29) is 0 Å². The number of benzene rings is 9. The minimum atomic E-state index is 0.678. The third-order valence-corrected chi connectivity index (χ3v) is 11.6. The van der Waals surface area contributed by atoms with E-state index in [1.807, 2.05) is 0 Å². The van der Waals surface area contributed by atoms with Crippen LogP contribution in [-0.2, 0) is 0 Å². The molecular weight excluding hydrogens is 739 g/mol. The SMILES string of the molecule is c1ccc(-c2ccc(-c3cc(-c4ccc(-c5ccccc5)cc4)cc(-c4cccc(-c5nc(-c6ccccc6)c6c7ccccc7n(-c7ccccc7)c6n5)c4)c3)cc2)cc1. The topological polar surface area (TPSA) is 30.7 Å². The Morgan fingerprint density at radius 3 is 1.23 bits per heavy atom. The summed E-state index contributed by atoms with van der Waals surface area (Å²) in [6, 6.07) is 84.1. The molecule has 0 aliphatic heterocycles. The fourth-order valence-electron chi connectivity index (χ4n) is 8.56. The fraction of sp³-hybridized carbons (Fsp3) is 0. The monoisotopic (exact) mass is 777 g/mol. The van der Waals surface area contributed by atoms with E-state index in [2.05, 4.69) is 241 Å². The van der Waals surface area contributed by atoms with Crippen LogP contribution in [0, 0.1) is 0 Å². The molecule has 0 saturated heterocycles. The average Bonchev–Trinajstić information content (AvgIpc) is 3.69. The van der Waals surface area contributed by atoms with E-state index < -0.39 is 0 Å². The number of rotatable bonds is 8. The van der Waals surface area contributed by atoms with Crippen molar-refractivity contribution in [2.75, 3.05) is 0 Å². The predicted molar refractivity (Wildman–Crippen MR) is 254 cm³/mol. The number of nitrogens with zero attached hydrogens (tertiary/aromatic N) is 3. The summed E-state index contributed by atoms with van der Waals surface area (Å²) in [4.78, 5) is 10.8. The Morgan fingerprint density at radius 1 is 0.279 bits per heavy atom. The van der Waals surface area contributed by atoms with Gasteiger partial charge >= 0.3 is 0 Å². The summed E-state index contributed by atoms with van der Waals surface area (Å²) < 4.78 is 2.27. The predicted octanol–water partition coefficient (Wildman–Crippen LogP) is 15.2. The normalized spacial score (nSPS) is 11.3. The molecular formula is C58H39N3. The molecule has 0 spiro atoms. The van der Waals surface area contributed by atoms with Crippen molar-refractivity contribution < 1.29 is 0 Å². The zero-order chi connectivity index (χ0) is 40.5. The summed E-state index contributed by atoms with van der Waals surface area (Å²) >= 11 is 0. The first-order valence-corrected chi connectivity index (χ1v) is 20.7. The molecule has 286 valence electrons. The summed E-state index contributed by atoms with van der Waals surface area (Å²) in [5, 5.41) is 2.16. The fourth-order valence-corrected chi connectivity index (χ4v) is 8.56. The third-order valence-electron chi connectivity index (χ3n) is 11.6. The van der Waals surface area contributed by atoms with Gasteiger partial charge in [0.25, 0.3) is 0 Å². The van der Waals surface area contributed by atoms with Crippen molar-refractivity contribution in [3.8, 4) is 84.0 Å². The van der Waals surface area contributed by atoms with Gasteiger partial charge in [0.2, 0.25) is 0 Å². The van der Waals surface area contributed by atoms with E-state index in [4.69, 9.17) is 9.97 Å². The lowest BCUT2D eigenvalue weighted by Gasteiger charge is -2.14. The molecule has 0 atom stereocenters. The van der Waals surface area contributed by atoms with Gasteiger partial charge in [0.05, 0.1) is 16.6 Å². The van der Waals surface area contributed by atoms with Crippen molar-refractivity contribution in [3.05, 3.63) is 237 Å². The molecule has 0 saturated carbocycles. The van der Waals surface area contributed by atoms with Crippen LogP contribution in [-0.4, -0.2) is 14.5 Å². The summed E-state index contributed by atoms with van der Waals surface area (Å²) in [5.74, 6) is 0.678. The highest BCUT2D eigenvalue weighted by Gasteiger charge is 2.21. The lowest BCUT2D eigenvalue weighted by molar-refractivity contribution is 1.11. The minimum absolute atomic E-state index is 0.678. The van der Waals surface area contributed by atoms with Gasteiger partial charge in [-0.2, -0.15) is 0 Å². The molecule has 0 N–H and O–H groups in total.